The van der Waals surface area contributed by atoms with Crippen LogP contribution in [0.2, 0.25) is 0 Å². The van der Waals surface area contributed by atoms with Gasteiger partial charge in [-0.25, -0.2) is 0 Å². The van der Waals surface area contributed by atoms with Gasteiger partial charge in [-0.2, -0.15) is 0 Å². The van der Waals surface area contributed by atoms with Crippen LogP contribution in [0, 0.1) is 13.8 Å². The molecular weight excluding hydrogens is 240 g/mol. The molecule has 0 N–H and O–H groups in total. The van der Waals surface area contributed by atoms with Crippen molar-refractivity contribution in [2.75, 3.05) is 19.7 Å². The van der Waals surface area contributed by atoms with Gasteiger partial charge in [0.2, 0.25) is 0 Å². The summed E-state index contributed by atoms with van der Waals surface area (Å²) in [6.45, 7) is 10.2. The molecule has 1 aromatic rings. The van der Waals surface area contributed by atoms with Gasteiger partial charge < -0.3 is 9.26 Å². The topological polar surface area (TPSA) is 38.5 Å². The lowest BCUT2D eigenvalue weighted by Crippen LogP contribution is -2.36. The van der Waals surface area contributed by atoms with E-state index in [2.05, 4.69) is 17.0 Å². The van der Waals surface area contributed by atoms with Crippen molar-refractivity contribution in [1.29, 1.82) is 0 Å². The molecule has 0 aromatic carbocycles. The zero-order valence-electron chi connectivity index (χ0n) is 12.4. The lowest BCUT2D eigenvalue weighted by atomic mass is 10.1. The molecule has 0 unspecified atom stereocenters. The summed E-state index contributed by atoms with van der Waals surface area (Å²) in [5.41, 5.74) is 2.26. The van der Waals surface area contributed by atoms with Gasteiger partial charge in [0.1, 0.15) is 5.76 Å². The molecule has 0 amide bonds. The van der Waals surface area contributed by atoms with Gasteiger partial charge >= 0.3 is 0 Å². The molecule has 4 nitrogen and oxygen atoms in total. The highest BCUT2D eigenvalue weighted by Crippen LogP contribution is 2.18. The first kappa shape index (κ1) is 14.5. The van der Waals surface area contributed by atoms with E-state index in [9.17, 15) is 0 Å². The van der Waals surface area contributed by atoms with Gasteiger partial charge in [-0.1, -0.05) is 12.1 Å². The van der Waals surface area contributed by atoms with Crippen molar-refractivity contribution in [1.82, 2.24) is 10.1 Å². The summed E-state index contributed by atoms with van der Waals surface area (Å²) >= 11 is 0. The van der Waals surface area contributed by atoms with Crippen LogP contribution in [0.5, 0.6) is 0 Å². The molecule has 1 fully saturated rings. The van der Waals surface area contributed by atoms with Crippen molar-refractivity contribution >= 4 is 0 Å². The number of ether oxygens (including phenoxy) is 1. The van der Waals surface area contributed by atoms with E-state index in [1.54, 1.807) is 0 Å². The molecule has 1 aliphatic rings. The molecule has 108 valence electrons. The van der Waals surface area contributed by atoms with E-state index in [1.807, 2.05) is 13.8 Å². The Bertz CT molecular complexity index is 364. The normalized spacial score (nSPS) is 20.1. The molecule has 0 radical (unpaired) electrons. The quantitative estimate of drug-likeness (QED) is 0.793. The van der Waals surface area contributed by atoms with Crippen molar-refractivity contribution in [2.24, 2.45) is 0 Å². The van der Waals surface area contributed by atoms with Crippen LogP contribution < -0.4 is 0 Å². The van der Waals surface area contributed by atoms with Crippen LogP contribution in [0.15, 0.2) is 4.52 Å². The van der Waals surface area contributed by atoms with E-state index in [4.69, 9.17) is 9.26 Å². The Hall–Kier alpha value is -0.870. The average Bonchev–Trinajstić information content (AvgIpc) is 2.72. The summed E-state index contributed by atoms with van der Waals surface area (Å²) in [5, 5.41) is 4.04. The number of aromatic nitrogens is 1. The van der Waals surface area contributed by atoms with Gasteiger partial charge in [-0.15, -0.1) is 0 Å². The minimum Gasteiger partial charge on any atom is -0.377 e. The molecule has 1 aliphatic heterocycles. The summed E-state index contributed by atoms with van der Waals surface area (Å²) in [6, 6.07) is 0. The van der Waals surface area contributed by atoms with Crippen LogP contribution in [0.3, 0.4) is 0 Å². The Morgan fingerprint density at radius 2 is 2.16 bits per heavy atom. The van der Waals surface area contributed by atoms with E-state index >= 15 is 0 Å². The molecule has 0 spiro atoms. The molecule has 4 heteroatoms. The van der Waals surface area contributed by atoms with Gasteiger partial charge in [0.25, 0.3) is 0 Å². The van der Waals surface area contributed by atoms with Crippen LogP contribution in [0.25, 0.3) is 0 Å². The number of nitrogens with zero attached hydrogens (tertiary/aromatic N) is 2. The van der Waals surface area contributed by atoms with Crippen molar-refractivity contribution in [3.05, 3.63) is 17.0 Å². The molecule has 2 heterocycles. The minimum atomic E-state index is 0.403. The highest BCUT2D eigenvalue weighted by Gasteiger charge is 2.19. The fourth-order valence-corrected chi connectivity index (χ4v) is 2.74. The SMILES string of the molecule is CCCN(Cc1c(C)noc1C)C[C@@H]1CCCCO1. The predicted molar refractivity (Wildman–Crippen MR) is 75.1 cm³/mol. The van der Waals surface area contributed by atoms with Crippen LogP contribution in [-0.4, -0.2) is 35.9 Å². The molecule has 19 heavy (non-hydrogen) atoms. The van der Waals surface area contributed by atoms with E-state index in [0.717, 1.165) is 44.1 Å². The van der Waals surface area contributed by atoms with Gasteiger partial charge in [0.15, 0.2) is 0 Å². The summed E-state index contributed by atoms with van der Waals surface area (Å²) in [7, 11) is 0. The maximum atomic E-state index is 5.85. The van der Waals surface area contributed by atoms with Gasteiger partial charge in [0.05, 0.1) is 11.8 Å². The Morgan fingerprint density at radius 3 is 2.74 bits per heavy atom. The smallest absolute Gasteiger partial charge is 0.138 e. The van der Waals surface area contributed by atoms with Gasteiger partial charge in [0, 0.05) is 25.3 Å². The number of hydrogen-bond donors (Lipinski definition) is 0. The van der Waals surface area contributed by atoms with Crippen LogP contribution in [0.4, 0.5) is 0 Å². The highest BCUT2D eigenvalue weighted by molar-refractivity contribution is 5.20. The second kappa shape index (κ2) is 7.06. The fraction of sp³-hybridized carbons (Fsp3) is 0.800. The second-order valence-electron chi connectivity index (χ2n) is 5.53. The number of aryl methyl sites for hydroxylation is 2. The Labute approximate surface area is 116 Å². The number of hydrogen-bond acceptors (Lipinski definition) is 4. The van der Waals surface area contributed by atoms with Crippen molar-refractivity contribution in [3.63, 3.8) is 0 Å². The Balaban J connectivity index is 1.95. The Morgan fingerprint density at radius 1 is 1.32 bits per heavy atom. The lowest BCUT2D eigenvalue weighted by Gasteiger charge is -2.29. The van der Waals surface area contributed by atoms with Crippen LogP contribution >= 0.6 is 0 Å². The first-order chi connectivity index (χ1) is 9.20. The number of rotatable bonds is 6. The van der Waals surface area contributed by atoms with Crippen molar-refractivity contribution < 1.29 is 9.26 Å². The molecule has 1 aromatic heterocycles. The molecule has 0 saturated carbocycles. The Kier molecular flexibility index (Phi) is 5.40. The zero-order valence-corrected chi connectivity index (χ0v) is 12.4. The molecule has 0 bridgehead atoms. The van der Waals surface area contributed by atoms with E-state index in [-0.39, 0.29) is 0 Å². The molecule has 1 saturated heterocycles. The first-order valence-corrected chi connectivity index (χ1v) is 7.46. The second-order valence-corrected chi connectivity index (χ2v) is 5.53. The van der Waals surface area contributed by atoms with Gasteiger partial charge in [-0.3, -0.25) is 4.90 Å². The third kappa shape index (κ3) is 4.05. The lowest BCUT2D eigenvalue weighted by molar-refractivity contribution is -0.00722. The predicted octanol–water partition coefficient (Wildman–Crippen LogP) is 3.07. The van der Waals surface area contributed by atoms with E-state index in [1.165, 1.54) is 24.8 Å². The molecule has 0 aliphatic carbocycles. The van der Waals surface area contributed by atoms with Gasteiger partial charge in [-0.05, 0) is 46.1 Å². The zero-order chi connectivity index (χ0) is 13.7. The van der Waals surface area contributed by atoms with Crippen LogP contribution in [-0.2, 0) is 11.3 Å². The molecule has 1 atom stereocenters. The van der Waals surface area contributed by atoms with E-state index < -0.39 is 0 Å². The first-order valence-electron chi connectivity index (χ1n) is 7.46. The molecule has 2 rings (SSSR count). The average molecular weight is 266 g/mol. The van der Waals surface area contributed by atoms with Crippen molar-refractivity contribution in [3.8, 4) is 0 Å². The summed E-state index contributed by atoms with van der Waals surface area (Å²) in [5.74, 6) is 0.947. The summed E-state index contributed by atoms with van der Waals surface area (Å²) in [4.78, 5) is 2.47. The third-order valence-electron chi connectivity index (χ3n) is 3.84. The highest BCUT2D eigenvalue weighted by atomic mass is 16.5. The minimum absolute atomic E-state index is 0.403. The monoisotopic (exact) mass is 266 g/mol. The molecular formula is C15H26N2O2. The summed E-state index contributed by atoms with van der Waals surface area (Å²) in [6.07, 6.45) is 5.28. The standard InChI is InChI=1S/C15H26N2O2/c1-4-8-17(10-14-7-5-6-9-18-14)11-15-12(2)16-19-13(15)3/h14H,4-11H2,1-3H3/t14-/m0/s1. The van der Waals surface area contributed by atoms with Crippen molar-refractivity contribution in [2.45, 2.75) is 59.1 Å². The largest absolute Gasteiger partial charge is 0.377 e. The van der Waals surface area contributed by atoms with Crippen LogP contribution in [0.1, 0.15) is 49.6 Å². The summed E-state index contributed by atoms with van der Waals surface area (Å²) < 4.78 is 11.1. The fourth-order valence-electron chi connectivity index (χ4n) is 2.74. The third-order valence-corrected chi connectivity index (χ3v) is 3.84. The van der Waals surface area contributed by atoms with E-state index in [0.29, 0.717) is 6.10 Å². The maximum absolute atomic E-state index is 5.85. The maximum Gasteiger partial charge on any atom is 0.138 e.